The number of halogens is 1. The lowest BCUT2D eigenvalue weighted by molar-refractivity contribution is -0.116. The second-order valence-corrected chi connectivity index (χ2v) is 9.17. The van der Waals surface area contributed by atoms with Crippen LogP contribution in [0.3, 0.4) is 0 Å². The number of thioether (sulfide) groups is 1. The number of anilines is 1. The maximum Gasteiger partial charge on any atom is 0.346 e. The number of para-hydroxylation sites is 1. The number of nitrogens with zero attached hydrogens (tertiary/aromatic N) is 3. The number of nitrogens with one attached hydrogen (secondary N) is 1. The lowest BCUT2D eigenvalue weighted by Gasteiger charge is -2.07. The van der Waals surface area contributed by atoms with Crippen molar-refractivity contribution in [2.75, 3.05) is 18.1 Å². The van der Waals surface area contributed by atoms with E-state index in [9.17, 15) is 14.0 Å². The number of amidine groups is 1. The summed E-state index contributed by atoms with van der Waals surface area (Å²) in [6, 6.07) is 11.8. The molecule has 1 heterocycles. The summed E-state index contributed by atoms with van der Waals surface area (Å²) < 4.78 is 19.6. The summed E-state index contributed by atoms with van der Waals surface area (Å²) in [4.78, 5) is 35.3. The highest BCUT2D eigenvalue weighted by Gasteiger charge is 2.10. The van der Waals surface area contributed by atoms with Crippen LogP contribution in [0.2, 0.25) is 0 Å². The second kappa shape index (κ2) is 15.5. The maximum atomic E-state index is 14.3. The number of fused-ring (bicyclic) bond motifs is 1. The van der Waals surface area contributed by atoms with Crippen LogP contribution in [0.4, 0.5) is 14.9 Å². The molecule has 7 nitrogen and oxygen atoms in total. The average molecular weight is 525 g/mol. The summed E-state index contributed by atoms with van der Waals surface area (Å²) in [6.45, 7) is 7.49. The van der Waals surface area contributed by atoms with E-state index in [1.54, 1.807) is 39.4 Å². The molecule has 2 amide bonds. The second-order valence-electron chi connectivity index (χ2n) is 8.00. The number of aryl methyl sites for hydroxylation is 1. The van der Waals surface area contributed by atoms with Crippen molar-refractivity contribution in [3.05, 3.63) is 65.7 Å². The quantitative estimate of drug-likeness (QED) is 0.256. The standard InChI is InChI=1S/C19H25FN4O2S.C9H8O/c1-5-7-10-22-18(21-4)14-8-9-17(16(20)11-14)24-19(26)23-13(3)27-12-15(25)6-2;1-7-3-2-4-8-5-6-10-9(7)8/h8-11H,5-7,12H2,1-4H3,(H,24,26);2-6H,1H3/b21-18?,22-10?,23-13-;. The zero-order valence-corrected chi connectivity index (χ0v) is 22.7. The number of Topliss-reactive ketones (excluding diaryl/α,β-unsaturated/α-hetero) is 1. The number of rotatable bonds is 7. The Morgan fingerprint density at radius 3 is 2.59 bits per heavy atom. The van der Waals surface area contributed by atoms with Crippen molar-refractivity contribution in [3.8, 4) is 0 Å². The van der Waals surface area contributed by atoms with Gasteiger partial charge in [-0.3, -0.25) is 9.79 Å². The van der Waals surface area contributed by atoms with Gasteiger partial charge in [-0.2, -0.15) is 4.99 Å². The molecule has 0 aliphatic rings. The number of urea groups is 1. The lowest BCUT2D eigenvalue weighted by Crippen LogP contribution is -2.11. The fraction of sp³-hybridized carbons (Fsp3) is 0.321. The Hall–Kier alpha value is -3.59. The van der Waals surface area contributed by atoms with E-state index < -0.39 is 11.8 Å². The van der Waals surface area contributed by atoms with E-state index >= 15 is 0 Å². The number of carbonyl (C=O) groups is 2. The van der Waals surface area contributed by atoms with Crippen molar-refractivity contribution >= 4 is 57.3 Å². The van der Waals surface area contributed by atoms with Crippen molar-refractivity contribution < 1.29 is 18.4 Å². The minimum Gasteiger partial charge on any atom is -0.464 e. The Kier molecular flexibility index (Phi) is 12.4. The van der Waals surface area contributed by atoms with Crippen LogP contribution in [0.5, 0.6) is 0 Å². The smallest absolute Gasteiger partial charge is 0.346 e. The van der Waals surface area contributed by atoms with E-state index in [1.165, 1.54) is 34.8 Å². The highest BCUT2D eigenvalue weighted by atomic mass is 32.2. The van der Waals surface area contributed by atoms with Gasteiger partial charge < -0.3 is 9.73 Å². The highest BCUT2D eigenvalue weighted by Crippen LogP contribution is 2.19. The summed E-state index contributed by atoms with van der Waals surface area (Å²) in [5, 5.41) is 4.02. The molecule has 2 aromatic carbocycles. The SMILES string of the molecule is CCCC=NC(=NC)c1ccc(NC(=O)/N=C(/C)SCC(=O)CC)c(F)c1.Cc1cccc2ccoc12. The van der Waals surface area contributed by atoms with Gasteiger partial charge in [0.2, 0.25) is 0 Å². The molecule has 0 aliphatic heterocycles. The van der Waals surface area contributed by atoms with Gasteiger partial charge in [0.05, 0.1) is 22.7 Å². The largest absolute Gasteiger partial charge is 0.464 e. The molecule has 1 aromatic heterocycles. The number of amides is 2. The molecule has 0 saturated heterocycles. The number of hydrogen-bond acceptors (Lipinski definition) is 5. The van der Waals surface area contributed by atoms with Gasteiger partial charge in [0.25, 0.3) is 0 Å². The summed E-state index contributed by atoms with van der Waals surface area (Å²) in [5.41, 5.74) is 2.74. The van der Waals surface area contributed by atoms with Crippen LogP contribution < -0.4 is 5.32 Å². The van der Waals surface area contributed by atoms with Crippen molar-refractivity contribution in [3.63, 3.8) is 0 Å². The van der Waals surface area contributed by atoms with E-state index in [0.29, 0.717) is 22.9 Å². The topological polar surface area (TPSA) is 96.4 Å². The van der Waals surface area contributed by atoms with Gasteiger partial charge in [-0.15, -0.1) is 11.8 Å². The lowest BCUT2D eigenvalue weighted by atomic mass is 10.1. The van der Waals surface area contributed by atoms with E-state index in [2.05, 4.69) is 20.3 Å². The molecule has 0 aliphatic carbocycles. The van der Waals surface area contributed by atoms with Crippen LogP contribution >= 0.6 is 11.8 Å². The number of benzene rings is 2. The number of carbonyl (C=O) groups excluding carboxylic acids is 2. The molecule has 0 fully saturated rings. The molecule has 37 heavy (non-hydrogen) atoms. The van der Waals surface area contributed by atoms with Crippen molar-refractivity contribution in [2.45, 2.75) is 47.0 Å². The summed E-state index contributed by atoms with van der Waals surface area (Å²) in [7, 11) is 1.59. The monoisotopic (exact) mass is 524 g/mol. The summed E-state index contributed by atoms with van der Waals surface area (Å²) in [5.74, 6) is 0.159. The molecule has 3 rings (SSSR count). The molecule has 0 spiro atoms. The van der Waals surface area contributed by atoms with Gasteiger partial charge in [-0.05, 0) is 50.1 Å². The van der Waals surface area contributed by atoms with Gasteiger partial charge in [-0.1, -0.05) is 38.5 Å². The van der Waals surface area contributed by atoms with E-state index in [1.807, 2.05) is 38.1 Å². The molecule has 0 bridgehead atoms. The first-order valence-electron chi connectivity index (χ1n) is 12.0. The Labute approximate surface area is 221 Å². The molecule has 0 atom stereocenters. The number of unbranched alkanes of at least 4 members (excludes halogenated alkanes) is 1. The Balaban J connectivity index is 0.000000394. The van der Waals surface area contributed by atoms with Crippen LogP contribution in [0.15, 0.2) is 68.1 Å². The third-order valence-corrected chi connectivity index (χ3v) is 6.06. The molecular weight excluding hydrogens is 491 g/mol. The first-order chi connectivity index (χ1) is 17.8. The first-order valence-corrected chi connectivity index (χ1v) is 13.0. The van der Waals surface area contributed by atoms with Crippen LogP contribution in [0.25, 0.3) is 11.0 Å². The molecular formula is C28H33FN4O3S. The Morgan fingerprint density at radius 2 is 1.95 bits per heavy atom. The zero-order valence-electron chi connectivity index (χ0n) is 21.9. The van der Waals surface area contributed by atoms with Crippen molar-refractivity contribution in [1.82, 2.24) is 0 Å². The number of furan rings is 1. The van der Waals surface area contributed by atoms with Gasteiger partial charge >= 0.3 is 6.03 Å². The van der Waals surface area contributed by atoms with Gasteiger partial charge in [-0.25, -0.2) is 14.2 Å². The van der Waals surface area contributed by atoms with Crippen LogP contribution in [0, 0.1) is 12.7 Å². The van der Waals surface area contributed by atoms with Crippen molar-refractivity contribution in [1.29, 1.82) is 0 Å². The fourth-order valence-electron chi connectivity index (χ4n) is 3.05. The fourth-order valence-corrected chi connectivity index (χ4v) is 3.77. The molecule has 0 radical (unpaired) electrons. The Bertz CT molecular complexity index is 1300. The van der Waals surface area contributed by atoms with Crippen LogP contribution in [-0.2, 0) is 4.79 Å². The van der Waals surface area contributed by atoms with E-state index in [-0.39, 0.29) is 17.2 Å². The summed E-state index contributed by atoms with van der Waals surface area (Å²) in [6.07, 6.45) is 5.68. The normalized spacial score (nSPS) is 11.9. The first kappa shape index (κ1) is 29.6. The highest BCUT2D eigenvalue weighted by molar-refractivity contribution is 8.14. The average Bonchev–Trinajstić information content (AvgIpc) is 3.37. The number of aliphatic imine (C=N–C) groups is 3. The minimum atomic E-state index is -0.694. The molecule has 0 unspecified atom stereocenters. The molecule has 9 heteroatoms. The zero-order chi connectivity index (χ0) is 27.2. The van der Waals surface area contributed by atoms with Gasteiger partial charge in [0.1, 0.15) is 17.2 Å². The van der Waals surface area contributed by atoms with Crippen LogP contribution in [-0.4, -0.2) is 41.7 Å². The predicted octanol–water partition coefficient (Wildman–Crippen LogP) is 7.48. The molecule has 196 valence electrons. The van der Waals surface area contributed by atoms with Gasteiger partial charge in [0, 0.05) is 30.6 Å². The third-order valence-electron chi connectivity index (χ3n) is 5.08. The van der Waals surface area contributed by atoms with Gasteiger partial charge in [0.15, 0.2) is 5.84 Å². The predicted molar refractivity (Wildman–Crippen MR) is 153 cm³/mol. The number of hydrogen-bond donors (Lipinski definition) is 1. The summed E-state index contributed by atoms with van der Waals surface area (Å²) >= 11 is 1.19. The van der Waals surface area contributed by atoms with Crippen molar-refractivity contribution in [2.24, 2.45) is 15.0 Å². The van der Waals surface area contributed by atoms with E-state index in [4.69, 9.17) is 4.42 Å². The maximum absolute atomic E-state index is 14.3. The molecule has 0 saturated carbocycles. The van der Waals surface area contributed by atoms with Crippen LogP contribution in [0.1, 0.15) is 51.2 Å². The van der Waals surface area contributed by atoms with E-state index in [0.717, 1.165) is 18.4 Å². The number of ketones is 1. The Morgan fingerprint density at radius 1 is 1.16 bits per heavy atom. The molecule has 3 aromatic rings. The molecule has 1 N–H and O–H groups in total. The third kappa shape index (κ3) is 9.76. The minimum absolute atomic E-state index is 0.0166.